The van der Waals surface area contributed by atoms with Gasteiger partial charge in [0.25, 0.3) is 0 Å². The van der Waals surface area contributed by atoms with Crippen molar-refractivity contribution in [3.05, 3.63) is 40.1 Å². The molecular formula is C17H18N4O2S. The van der Waals surface area contributed by atoms with Crippen molar-refractivity contribution in [1.82, 2.24) is 9.97 Å². The first kappa shape index (κ1) is 16.4. The van der Waals surface area contributed by atoms with E-state index >= 15 is 0 Å². The largest absolute Gasteiger partial charge is 0.461 e. The van der Waals surface area contributed by atoms with Gasteiger partial charge in [-0.25, -0.2) is 14.8 Å². The number of piperidine rings is 1. The third-order valence-corrected chi connectivity index (χ3v) is 5.09. The van der Waals surface area contributed by atoms with Crippen molar-refractivity contribution in [2.24, 2.45) is 0 Å². The highest BCUT2D eigenvalue weighted by Gasteiger charge is 2.24. The molecule has 3 rings (SSSR count). The molecule has 0 atom stereocenters. The number of nitriles is 1. The maximum atomic E-state index is 11.7. The van der Waals surface area contributed by atoms with E-state index in [9.17, 15) is 4.79 Å². The van der Waals surface area contributed by atoms with Gasteiger partial charge in [0, 0.05) is 24.4 Å². The molecule has 6 nitrogen and oxygen atoms in total. The molecule has 0 amide bonds. The number of esters is 1. The number of hydrogen-bond donors (Lipinski definition) is 0. The van der Waals surface area contributed by atoms with Gasteiger partial charge in [0.2, 0.25) is 0 Å². The van der Waals surface area contributed by atoms with Crippen LogP contribution in [0.15, 0.2) is 23.7 Å². The summed E-state index contributed by atoms with van der Waals surface area (Å²) in [5, 5.41) is 11.6. The molecule has 1 aliphatic rings. The van der Waals surface area contributed by atoms with Crippen LogP contribution in [0.2, 0.25) is 0 Å². The molecule has 24 heavy (non-hydrogen) atoms. The number of pyridine rings is 1. The Kier molecular flexibility index (Phi) is 5.06. The molecular weight excluding hydrogens is 324 g/mol. The quantitative estimate of drug-likeness (QED) is 0.795. The molecule has 1 fully saturated rings. The fraction of sp³-hybridized carbons (Fsp3) is 0.412. The van der Waals surface area contributed by atoms with Crippen molar-refractivity contribution in [3.63, 3.8) is 0 Å². The van der Waals surface area contributed by atoms with E-state index in [-0.39, 0.29) is 5.97 Å². The zero-order valence-corrected chi connectivity index (χ0v) is 14.3. The van der Waals surface area contributed by atoms with Gasteiger partial charge in [0.05, 0.1) is 23.5 Å². The van der Waals surface area contributed by atoms with Crippen LogP contribution >= 0.6 is 11.3 Å². The lowest BCUT2D eigenvalue weighted by Gasteiger charge is -2.32. The maximum absolute atomic E-state index is 11.7. The molecule has 1 aliphatic heterocycles. The fourth-order valence-corrected chi connectivity index (χ4v) is 3.76. The average molecular weight is 342 g/mol. The molecule has 0 spiro atoms. The second-order valence-corrected chi connectivity index (χ2v) is 6.46. The van der Waals surface area contributed by atoms with Crippen molar-refractivity contribution < 1.29 is 9.53 Å². The molecule has 0 aliphatic carbocycles. The van der Waals surface area contributed by atoms with Crippen LogP contribution in [-0.2, 0) is 4.74 Å². The minimum Gasteiger partial charge on any atom is -0.461 e. The highest BCUT2D eigenvalue weighted by molar-refractivity contribution is 7.09. The topological polar surface area (TPSA) is 79.1 Å². The van der Waals surface area contributed by atoms with Crippen molar-refractivity contribution in [3.8, 4) is 6.07 Å². The molecule has 0 unspecified atom stereocenters. The van der Waals surface area contributed by atoms with Crippen LogP contribution in [0.5, 0.6) is 0 Å². The Hall–Kier alpha value is -2.46. The smallest absolute Gasteiger partial charge is 0.357 e. The highest BCUT2D eigenvalue weighted by atomic mass is 32.1. The number of nitrogens with zero attached hydrogens (tertiary/aromatic N) is 4. The minimum atomic E-state index is -0.346. The summed E-state index contributed by atoms with van der Waals surface area (Å²) in [5.41, 5.74) is 1.89. The first-order valence-electron chi connectivity index (χ1n) is 7.95. The van der Waals surface area contributed by atoms with Crippen molar-refractivity contribution in [1.29, 1.82) is 5.26 Å². The fourth-order valence-electron chi connectivity index (χ4n) is 2.80. The Labute approximate surface area is 144 Å². The first-order valence-corrected chi connectivity index (χ1v) is 8.83. The number of aromatic nitrogens is 2. The van der Waals surface area contributed by atoms with Crippen LogP contribution < -0.4 is 4.90 Å². The lowest BCUT2D eigenvalue weighted by molar-refractivity contribution is 0.0520. The summed E-state index contributed by atoms with van der Waals surface area (Å²) in [7, 11) is 0. The summed E-state index contributed by atoms with van der Waals surface area (Å²) in [6, 6.07) is 5.71. The van der Waals surface area contributed by atoms with E-state index in [2.05, 4.69) is 14.9 Å². The SMILES string of the molecule is CCOC(=O)c1csc(C2CCN(c3ccc(C#N)nc3)CC2)n1. The van der Waals surface area contributed by atoms with Gasteiger partial charge in [-0.05, 0) is 31.9 Å². The Balaban J connectivity index is 1.60. The predicted octanol–water partition coefficient (Wildman–Crippen LogP) is 2.97. The second kappa shape index (κ2) is 7.41. The van der Waals surface area contributed by atoms with Gasteiger partial charge in [0.1, 0.15) is 11.8 Å². The molecule has 2 aromatic heterocycles. The van der Waals surface area contributed by atoms with E-state index in [1.165, 1.54) is 11.3 Å². The number of carbonyl (C=O) groups excluding carboxylic acids is 1. The lowest BCUT2D eigenvalue weighted by atomic mass is 9.97. The van der Waals surface area contributed by atoms with E-state index in [0.29, 0.717) is 23.9 Å². The van der Waals surface area contributed by atoms with Gasteiger partial charge in [0.15, 0.2) is 5.69 Å². The predicted molar refractivity (Wildman–Crippen MR) is 91.2 cm³/mol. The van der Waals surface area contributed by atoms with E-state index in [4.69, 9.17) is 10.00 Å². The Bertz CT molecular complexity index is 743. The third kappa shape index (κ3) is 3.54. The number of anilines is 1. The van der Waals surface area contributed by atoms with Gasteiger partial charge in [-0.15, -0.1) is 11.3 Å². The number of ether oxygens (including phenoxy) is 1. The molecule has 0 bridgehead atoms. The molecule has 0 saturated carbocycles. The maximum Gasteiger partial charge on any atom is 0.357 e. The molecule has 7 heteroatoms. The average Bonchev–Trinajstić information content (AvgIpc) is 3.12. The van der Waals surface area contributed by atoms with Gasteiger partial charge in [-0.2, -0.15) is 5.26 Å². The number of thiazole rings is 1. The standard InChI is InChI=1S/C17H18N4O2S/c1-2-23-17(22)15-11-24-16(20-15)12-5-7-21(8-6-12)14-4-3-13(9-18)19-10-14/h3-4,10-12H,2,5-8H2,1H3. The molecule has 2 aromatic rings. The van der Waals surface area contributed by atoms with Gasteiger partial charge >= 0.3 is 5.97 Å². The number of rotatable bonds is 4. The van der Waals surface area contributed by atoms with Crippen molar-refractivity contribution in [2.45, 2.75) is 25.7 Å². The first-order chi connectivity index (χ1) is 11.7. The highest BCUT2D eigenvalue weighted by Crippen LogP contribution is 2.32. The van der Waals surface area contributed by atoms with Crippen LogP contribution in [0.1, 0.15) is 46.9 Å². The number of carbonyl (C=O) groups is 1. The van der Waals surface area contributed by atoms with Gasteiger partial charge in [-0.1, -0.05) is 0 Å². The third-order valence-electron chi connectivity index (χ3n) is 4.08. The van der Waals surface area contributed by atoms with E-state index < -0.39 is 0 Å². The summed E-state index contributed by atoms with van der Waals surface area (Å²) >= 11 is 1.53. The monoisotopic (exact) mass is 342 g/mol. The lowest BCUT2D eigenvalue weighted by Crippen LogP contribution is -2.32. The van der Waals surface area contributed by atoms with E-state index in [0.717, 1.165) is 36.6 Å². The van der Waals surface area contributed by atoms with Crippen LogP contribution in [0.4, 0.5) is 5.69 Å². The minimum absolute atomic E-state index is 0.346. The summed E-state index contributed by atoms with van der Waals surface area (Å²) in [6.45, 7) is 3.97. The molecule has 0 N–H and O–H groups in total. The number of hydrogen-bond acceptors (Lipinski definition) is 7. The molecule has 124 valence electrons. The van der Waals surface area contributed by atoms with Crippen LogP contribution in [0.3, 0.4) is 0 Å². The van der Waals surface area contributed by atoms with E-state index in [1.54, 1.807) is 24.6 Å². The molecule has 0 radical (unpaired) electrons. The zero-order chi connectivity index (χ0) is 16.9. The Morgan fingerprint density at radius 2 is 2.25 bits per heavy atom. The van der Waals surface area contributed by atoms with E-state index in [1.807, 2.05) is 12.1 Å². The summed E-state index contributed by atoms with van der Waals surface area (Å²) in [4.78, 5) is 22.6. The zero-order valence-electron chi connectivity index (χ0n) is 13.4. The van der Waals surface area contributed by atoms with Crippen molar-refractivity contribution >= 4 is 23.0 Å². The normalized spacial score (nSPS) is 15.1. The van der Waals surface area contributed by atoms with Gasteiger partial charge < -0.3 is 9.64 Å². The Morgan fingerprint density at radius 3 is 2.88 bits per heavy atom. The molecule has 1 saturated heterocycles. The van der Waals surface area contributed by atoms with Crippen molar-refractivity contribution in [2.75, 3.05) is 24.6 Å². The second-order valence-electron chi connectivity index (χ2n) is 5.57. The molecule has 3 heterocycles. The summed E-state index contributed by atoms with van der Waals surface area (Å²) < 4.78 is 4.99. The van der Waals surface area contributed by atoms with Crippen LogP contribution in [0, 0.1) is 11.3 Å². The summed E-state index contributed by atoms with van der Waals surface area (Å²) in [6.07, 6.45) is 3.71. The van der Waals surface area contributed by atoms with Crippen LogP contribution in [0.25, 0.3) is 0 Å². The van der Waals surface area contributed by atoms with Gasteiger partial charge in [-0.3, -0.25) is 0 Å². The Morgan fingerprint density at radius 1 is 1.46 bits per heavy atom. The summed E-state index contributed by atoms with van der Waals surface area (Å²) in [5.74, 6) is 0.0295. The molecule has 0 aromatic carbocycles. The van der Waals surface area contributed by atoms with Crippen LogP contribution in [-0.4, -0.2) is 35.6 Å².